The standard InChI is InChI=1S/C21H13Cl3FN3O2/c22-13-3-6-15(17(23)7-13)18(25)10-28-21(29)16-8-20(24)27-11-19(16)30-14-4-1-12(9-26)2-5-14/h1-8,11,18H,10H2,(H,28,29). The number of carbonyl (C=O) groups is 1. The Balaban J connectivity index is 1.74. The summed E-state index contributed by atoms with van der Waals surface area (Å²) in [6.07, 6.45) is -0.253. The fourth-order valence-electron chi connectivity index (χ4n) is 2.54. The molecule has 0 spiro atoms. The van der Waals surface area contributed by atoms with Gasteiger partial charge in [-0.25, -0.2) is 9.37 Å². The molecule has 0 aliphatic heterocycles. The molecule has 152 valence electrons. The summed E-state index contributed by atoms with van der Waals surface area (Å²) in [7, 11) is 0. The Morgan fingerprint density at radius 3 is 2.57 bits per heavy atom. The van der Waals surface area contributed by atoms with E-state index in [1.807, 2.05) is 6.07 Å². The van der Waals surface area contributed by atoms with Crippen LogP contribution in [0, 0.1) is 11.3 Å². The number of amides is 1. The minimum Gasteiger partial charge on any atom is -0.455 e. The van der Waals surface area contributed by atoms with Crippen LogP contribution in [0.2, 0.25) is 15.2 Å². The van der Waals surface area contributed by atoms with Gasteiger partial charge in [-0.05, 0) is 42.5 Å². The Hall–Kier alpha value is -2.85. The predicted octanol–water partition coefficient (Wildman–Crippen LogP) is 6.15. The molecule has 1 heterocycles. The Labute approximate surface area is 187 Å². The highest BCUT2D eigenvalue weighted by molar-refractivity contribution is 6.35. The number of ether oxygens (including phenoxy) is 1. The second-order valence-electron chi connectivity index (χ2n) is 6.08. The Morgan fingerprint density at radius 1 is 1.17 bits per heavy atom. The number of aromatic nitrogens is 1. The summed E-state index contributed by atoms with van der Waals surface area (Å²) in [5.74, 6) is -0.0827. The predicted molar refractivity (Wildman–Crippen MR) is 113 cm³/mol. The summed E-state index contributed by atoms with van der Waals surface area (Å²) in [6, 6.07) is 14.0. The molecule has 1 unspecified atom stereocenters. The van der Waals surface area contributed by atoms with Crippen LogP contribution in [-0.2, 0) is 0 Å². The lowest BCUT2D eigenvalue weighted by Crippen LogP contribution is -2.27. The molecule has 30 heavy (non-hydrogen) atoms. The van der Waals surface area contributed by atoms with E-state index in [1.54, 1.807) is 24.3 Å². The molecule has 0 aliphatic rings. The van der Waals surface area contributed by atoms with Crippen LogP contribution in [0.1, 0.15) is 27.7 Å². The van der Waals surface area contributed by atoms with Gasteiger partial charge in [-0.1, -0.05) is 40.9 Å². The van der Waals surface area contributed by atoms with E-state index >= 15 is 0 Å². The zero-order valence-electron chi connectivity index (χ0n) is 15.2. The highest BCUT2D eigenvalue weighted by Gasteiger charge is 2.19. The van der Waals surface area contributed by atoms with Crippen molar-refractivity contribution in [2.24, 2.45) is 0 Å². The van der Waals surface area contributed by atoms with Crippen molar-refractivity contribution in [1.29, 1.82) is 5.26 Å². The van der Waals surface area contributed by atoms with E-state index in [0.717, 1.165) is 0 Å². The minimum absolute atomic E-state index is 0.0740. The average Bonchev–Trinajstić information content (AvgIpc) is 2.73. The van der Waals surface area contributed by atoms with Gasteiger partial charge in [0.15, 0.2) is 5.75 Å². The van der Waals surface area contributed by atoms with Crippen LogP contribution in [0.3, 0.4) is 0 Å². The molecule has 0 saturated carbocycles. The summed E-state index contributed by atoms with van der Waals surface area (Å²) in [6.45, 7) is -0.323. The van der Waals surface area contributed by atoms with E-state index in [4.69, 9.17) is 44.8 Å². The number of alkyl halides is 1. The largest absolute Gasteiger partial charge is 0.455 e. The van der Waals surface area contributed by atoms with Crippen molar-refractivity contribution in [3.05, 3.63) is 86.6 Å². The number of nitrogens with one attached hydrogen (secondary N) is 1. The molecule has 0 fully saturated rings. The van der Waals surface area contributed by atoms with Gasteiger partial charge in [0.05, 0.1) is 29.9 Å². The van der Waals surface area contributed by atoms with Gasteiger partial charge in [-0.2, -0.15) is 5.26 Å². The normalized spacial score (nSPS) is 11.4. The van der Waals surface area contributed by atoms with Crippen LogP contribution in [0.5, 0.6) is 11.5 Å². The number of nitriles is 1. The summed E-state index contributed by atoms with van der Waals surface area (Å²) in [5.41, 5.74) is 0.751. The van der Waals surface area contributed by atoms with E-state index in [0.29, 0.717) is 16.3 Å². The highest BCUT2D eigenvalue weighted by Crippen LogP contribution is 2.29. The fraction of sp³-hybridized carbons (Fsp3) is 0.0952. The van der Waals surface area contributed by atoms with Crippen LogP contribution in [-0.4, -0.2) is 17.4 Å². The molecule has 1 aromatic heterocycles. The van der Waals surface area contributed by atoms with Crippen LogP contribution >= 0.6 is 34.8 Å². The van der Waals surface area contributed by atoms with Gasteiger partial charge in [-0.3, -0.25) is 4.79 Å². The van der Waals surface area contributed by atoms with Crippen molar-refractivity contribution in [2.45, 2.75) is 6.17 Å². The maximum absolute atomic E-state index is 14.6. The summed E-state index contributed by atoms with van der Waals surface area (Å²) < 4.78 is 20.3. The minimum atomic E-state index is -1.54. The molecule has 1 amide bonds. The number of nitrogens with zero attached hydrogens (tertiary/aromatic N) is 2. The van der Waals surface area contributed by atoms with Gasteiger partial charge in [0.25, 0.3) is 5.91 Å². The molecule has 1 N–H and O–H groups in total. The highest BCUT2D eigenvalue weighted by atomic mass is 35.5. The number of carbonyl (C=O) groups excluding carboxylic acids is 1. The Kier molecular flexibility index (Phi) is 7.11. The lowest BCUT2D eigenvalue weighted by molar-refractivity contribution is 0.0939. The van der Waals surface area contributed by atoms with Gasteiger partial charge < -0.3 is 10.1 Å². The lowest BCUT2D eigenvalue weighted by atomic mass is 10.1. The lowest BCUT2D eigenvalue weighted by Gasteiger charge is -2.14. The van der Waals surface area contributed by atoms with Crippen molar-refractivity contribution < 1.29 is 13.9 Å². The van der Waals surface area contributed by atoms with Gasteiger partial charge in [-0.15, -0.1) is 0 Å². The quantitative estimate of drug-likeness (QED) is 0.444. The van der Waals surface area contributed by atoms with Crippen LogP contribution in [0.4, 0.5) is 4.39 Å². The number of halogens is 4. The molecular weight excluding hydrogens is 452 g/mol. The van der Waals surface area contributed by atoms with E-state index < -0.39 is 12.1 Å². The maximum atomic E-state index is 14.6. The van der Waals surface area contributed by atoms with Gasteiger partial charge in [0.1, 0.15) is 17.1 Å². The molecule has 0 bridgehead atoms. The summed E-state index contributed by atoms with van der Waals surface area (Å²) >= 11 is 17.7. The second-order valence-corrected chi connectivity index (χ2v) is 7.32. The van der Waals surface area contributed by atoms with E-state index in [2.05, 4.69) is 10.3 Å². The maximum Gasteiger partial charge on any atom is 0.255 e. The second kappa shape index (κ2) is 9.77. The molecule has 2 aromatic carbocycles. The van der Waals surface area contributed by atoms with Crippen molar-refractivity contribution in [1.82, 2.24) is 10.3 Å². The van der Waals surface area contributed by atoms with Gasteiger partial charge in [0.2, 0.25) is 0 Å². The molecule has 5 nitrogen and oxygen atoms in total. The molecule has 1 atom stereocenters. The van der Waals surface area contributed by atoms with E-state index in [1.165, 1.54) is 30.5 Å². The van der Waals surface area contributed by atoms with Crippen LogP contribution in [0.25, 0.3) is 0 Å². The van der Waals surface area contributed by atoms with Crippen LogP contribution in [0.15, 0.2) is 54.7 Å². The first-order chi connectivity index (χ1) is 14.4. The monoisotopic (exact) mass is 463 g/mol. The third kappa shape index (κ3) is 5.39. The molecule has 0 radical (unpaired) electrons. The van der Waals surface area contributed by atoms with Crippen LogP contribution < -0.4 is 10.1 Å². The zero-order valence-corrected chi connectivity index (χ0v) is 17.5. The van der Waals surface area contributed by atoms with Crippen molar-refractivity contribution in [2.75, 3.05) is 6.54 Å². The molecular formula is C21H13Cl3FN3O2. The number of pyridine rings is 1. The van der Waals surface area contributed by atoms with Crippen molar-refractivity contribution >= 4 is 40.7 Å². The van der Waals surface area contributed by atoms with Crippen molar-refractivity contribution in [3.8, 4) is 17.6 Å². The number of hydrogen-bond acceptors (Lipinski definition) is 4. The Bertz CT molecular complexity index is 1120. The smallest absolute Gasteiger partial charge is 0.255 e. The van der Waals surface area contributed by atoms with Gasteiger partial charge in [0, 0.05) is 15.6 Å². The molecule has 3 aromatic rings. The van der Waals surface area contributed by atoms with E-state index in [-0.39, 0.29) is 33.6 Å². The zero-order chi connectivity index (χ0) is 21.7. The first-order valence-corrected chi connectivity index (χ1v) is 9.71. The SMILES string of the molecule is N#Cc1ccc(Oc2cnc(Cl)cc2C(=O)NCC(F)c2ccc(Cl)cc2Cl)cc1. The van der Waals surface area contributed by atoms with Gasteiger partial charge >= 0.3 is 0 Å². The number of hydrogen-bond donors (Lipinski definition) is 1. The van der Waals surface area contributed by atoms with E-state index in [9.17, 15) is 9.18 Å². The average molecular weight is 465 g/mol. The third-order valence-corrected chi connectivity index (χ3v) is 4.80. The van der Waals surface area contributed by atoms with Crippen molar-refractivity contribution in [3.63, 3.8) is 0 Å². The molecule has 0 aliphatic carbocycles. The number of rotatable bonds is 6. The molecule has 0 saturated heterocycles. The summed E-state index contributed by atoms with van der Waals surface area (Å²) in [4.78, 5) is 16.6. The first-order valence-electron chi connectivity index (χ1n) is 8.58. The first kappa shape index (κ1) is 21.8. The summed E-state index contributed by atoms with van der Waals surface area (Å²) in [5, 5.41) is 12.0. The Morgan fingerprint density at radius 2 is 1.90 bits per heavy atom. The number of benzene rings is 2. The topological polar surface area (TPSA) is 75.0 Å². The molecule has 9 heteroatoms. The molecule has 3 rings (SSSR count). The fourth-order valence-corrected chi connectivity index (χ4v) is 3.23. The third-order valence-electron chi connectivity index (χ3n) is 4.03.